The lowest BCUT2D eigenvalue weighted by molar-refractivity contribution is 0.212. The summed E-state index contributed by atoms with van der Waals surface area (Å²) in [6, 6.07) is 10.8. The maximum Gasteiger partial charge on any atom is 0.323 e. The number of hydrogen-bond donors (Lipinski definition) is 2. The molecule has 3 heterocycles. The van der Waals surface area contributed by atoms with Gasteiger partial charge in [-0.2, -0.15) is 4.39 Å². The summed E-state index contributed by atoms with van der Waals surface area (Å²) in [6.07, 6.45) is 2.51. The molecule has 2 aromatic heterocycles. The van der Waals surface area contributed by atoms with E-state index in [2.05, 4.69) is 32.4 Å². The van der Waals surface area contributed by atoms with Crippen LogP contribution < -0.4 is 11.1 Å². The van der Waals surface area contributed by atoms with E-state index < -0.39 is 5.82 Å². The van der Waals surface area contributed by atoms with Gasteiger partial charge in [-0.3, -0.25) is 5.32 Å². The largest absolute Gasteiger partial charge is 0.396 e. The molecule has 2 amide bonds. The molecule has 0 atom stereocenters. The summed E-state index contributed by atoms with van der Waals surface area (Å²) in [7, 11) is 0. The van der Waals surface area contributed by atoms with Gasteiger partial charge in [-0.25, -0.2) is 19.7 Å². The van der Waals surface area contributed by atoms with Crippen LogP contribution in [0, 0.1) is 17.9 Å². The molecule has 0 spiro atoms. The second kappa shape index (κ2) is 7.12. The van der Waals surface area contributed by atoms with Gasteiger partial charge in [0.05, 0.1) is 35.7 Å². The van der Waals surface area contributed by atoms with E-state index in [0.717, 1.165) is 23.5 Å². The maximum atomic E-state index is 13.1. The molecule has 7 nitrogen and oxygen atoms in total. The van der Waals surface area contributed by atoms with Crippen molar-refractivity contribution in [2.45, 2.75) is 26.4 Å². The van der Waals surface area contributed by atoms with Gasteiger partial charge in [0.25, 0.3) is 0 Å². The summed E-state index contributed by atoms with van der Waals surface area (Å²) in [6.45, 7) is 2.81. The highest BCUT2D eigenvalue weighted by Crippen LogP contribution is 2.25. The average molecular weight is 376 g/mol. The van der Waals surface area contributed by atoms with Crippen LogP contribution in [0.1, 0.15) is 24.0 Å². The molecule has 0 radical (unpaired) electrons. The van der Waals surface area contributed by atoms with Gasteiger partial charge in [0, 0.05) is 18.2 Å². The third-order valence-corrected chi connectivity index (χ3v) is 4.45. The number of pyridine rings is 1. The zero-order valence-electron chi connectivity index (χ0n) is 15.2. The number of nitrogens with one attached hydrogen (secondary N) is 1. The number of nitrogens with zero attached hydrogens (tertiary/aromatic N) is 4. The van der Waals surface area contributed by atoms with Crippen LogP contribution >= 0.6 is 0 Å². The molecule has 1 aromatic carbocycles. The number of halogens is 1. The van der Waals surface area contributed by atoms with Crippen LogP contribution in [0.25, 0.3) is 11.3 Å². The first-order valence-corrected chi connectivity index (χ1v) is 8.79. The molecule has 0 unspecified atom stereocenters. The van der Waals surface area contributed by atoms with Crippen LogP contribution in [0.15, 0.2) is 30.5 Å². The number of rotatable bonds is 3. The Morgan fingerprint density at radius 2 is 2.11 bits per heavy atom. The quantitative estimate of drug-likeness (QED) is 0.732. The van der Waals surface area contributed by atoms with Crippen molar-refractivity contribution in [3.63, 3.8) is 0 Å². The molecule has 28 heavy (non-hydrogen) atoms. The minimum atomic E-state index is -0.504. The van der Waals surface area contributed by atoms with Crippen molar-refractivity contribution in [2.24, 2.45) is 0 Å². The highest BCUT2D eigenvalue weighted by molar-refractivity contribution is 5.92. The van der Waals surface area contributed by atoms with Crippen LogP contribution in [0.3, 0.4) is 0 Å². The molecule has 8 heteroatoms. The monoisotopic (exact) mass is 376 g/mol. The van der Waals surface area contributed by atoms with Crippen molar-refractivity contribution in [2.75, 3.05) is 11.1 Å². The lowest BCUT2D eigenvalue weighted by atomic mass is 10.1. The van der Waals surface area contributed by atoms with Crippen molar-refractivity contribution < 1.29 is 9.18 Å². The standard InChI is InChI=1S/C20H17FN6O/c1-2-18-23-9-13-10-27(11-17(13)24-18)20(28)26-19-15(22)7-8-16(25-19)12-3-5-14(21)6-4-12/h3,5,7-9H,2,10-11,22H2,1H3,(H,25,26,28). The smallest absolute Gasteiger partial charge is 0.323 e. The average Bonchev–Trinajstić information content (AvgIpc) is 3.13. The van der Waals surface area contributed by atoms with E-state index in [1.807, 2.05) is 6.92 Å². The highest BCUT2D eigenvalue weighted by atomic mass is 19.1. The number of fused-ring (bicyclic) bond motifs is 1. The van der Waals surface area contributed by atoms with Gasteiger partial charge in [0.2, 0.25) is 0 Å². The van der Waals surface area contributed by atoms with Crippen molar-refractivity contribution in [1.29, 1.82) is 0 Å². The van der Waals surface area contributed by atoms with Crippen LogP contribution in [-0.2, 0) is 19.5 Å². The number of anilines is 2. The summed E-state index contributed by atoms with van der Waals surface area (Å²) < 4.78 is 13.1. The van der Waals surface area contributed by atoms with E-state index in [0.29, 0.717) is 30.0 Å². The Morgan fingerprint density at radius 3 is 2.86 bits per heavy atom. The summed E-state index contributed by atoms with van der Waals surface area (Å²) in [5.74, 6) is 0.485. The fraction of sp³-hybridized carbons (Fsp3) is 0.200. The zero-order chi connectivity index (χ0) is 19.7. The minimum Gasteiger partial charge on any atom is -0.396 e. The first kappa shape index (κ1) is 17.7. The number of urea groups is 1. The second-order valence-corrected chi connectivity index (χ2v) is 6.38. The zero-order valence-corrected chi connectivity index (χ0v) is 15.2. The Kier molecular flexibility index (Phi) is 4.49. The number of carbonyl (C=O) groups excluding carboxylic acids is 1. The van der Waals surface area contributed by atoms with E-state index in [1.54, 1.807) is 23.2 Å². The Balaban J connectivity index is 1.52. The number of hydrogen-bond acceptors (Lipinski definition) is 5. The number of nitrogens with two attached hydrogens (primary N) is 1. The van der Waals surface area contributed by atoms with Crippen molar-refractivity contribution in [3.05, 3.63) is 65.5 Å². The summed E-state index contributed by atoms with van der Waals surface area (Å²) in [5.41, 5.74) is 9.13. The van der Waals surface area contributed by atoms with E-state index in [-0.39, 0.29) is 11.8 Å². The fourth-order valence-electron chi connectivity index (χ4n) is 2.93. The molecule has 4 rings (SSSR count). The van der Waals surface area contributed by atoms with Gasteiger partial charge in [0.15, 0.2) is 11.6 Å². The molecule has 0 fully saturated rings. The van der Waals surface area contributed by atoms with Gasteiger partial charge >= 0.3 is 6.03 Å². The van der Waals surface area contributed by atoms with E-state index in [4.69, 9.17) is 5.73 Å². The van der Waals surface area contributed by atoms with Gasteiger partial charge in [-0.1, -0.05) is 13.0 Å². The Bertz CT molecular complexity index is 1040. The molecule has 0 aliphatic carbocycles. The van der Waals surface area contributed by atoms with E-state index in [1.165, 1.54) is 12.1 Å². The molecular formula is C20H17FN6O. The lowest BCUT2D eigenvalue weighted by Gasteiger charge is -2.17. The summed E-state index contributed by atoms with van der Waals surface area (Å²) >= 11 is 0. The number of amides is 2. The molecule has 0 saturated heterocycles. The molecule has 0 saturated carbocycles. The van der Waals surface area contributed by atoms with E-state index >= 15 is 0 Å². The molecular weight excluding hydrogens is 359 g/mol. The van der Waals surface area contributed by atoms with Gasteiger partial charge < -0.3 is 10.6 Å². The Morgan fingerprint density at radius 1 is 1.25 bits per heavy atom. The summed E-state index contributed by atoms with van der Waals surface area (Å²) in [4.78, 5) is 27.4. The normalized spacial score (nSPS) is 12.4. The molecule has 140 valence electrons. The molecule has 0 bridgehead atoms. The number of aromatic nitrogens is 3. The van der Waals surface area contributed by atoms with Crippen LogP contribution in [-0.4, -0.2) is 25.9 Å². The van der Waals surface area contributed by atoms with Gasteiger partial charge in [-0.05, 0) is 30.3 Å². The molecule has 1 aliphatic rings. The summed E-state index contributed by atoms with van der Waals surface area (Å²) in [5, 5.41) is 2.74. The first-order chi connectivity index (χ1) is 13.5. The molecule has 1 aliphatic heterocycles. The van der Waals surface area contributed by atoms with Crippen LogP contribution in [0.2, 0.25) is 0 Å². The van der Waals surface area contributed by atoms with Gasteiger partial charge in [0.1, 0.15) is 5.82 Å². The van der Waals surface area contributed by atoms with Crippen LogP contribution in [0.5, 0.6) is 0 Å². The number of nitrogen functional groups attached to an aromatic ring is 1. The van der Waals surface area contributed by atoms with Crippen molar-refractivity contribution in [1.82, 2.24) is 19.9 Å². The topological polar surface area (TPSA) is 97.0 Å². The third-order valence-electron chi connectivity index (χ3n) is 4.45. The second-order valence-electron chi connectivity index (χ2n) is 6.38. The predicted octanol–water partition coefficient (Wildman–Crippen LogP) is 2.97. The minimum absolute atomic E-state index is 0.233. The number of carbonyl (C=O) groups is 1. The van der Waals surface area contributed by atoms with Crippen molar-refractivity contribution in [3.8, 4) is 11.3 Å². The molecule has 3 N–H and O–H groups in total. The van der Waals surface area contributed by atoms with E-state index in [9.17, 15) is 9.18 Å². The van der Waals surface area contributed by atoms with Gasteiger partial charge in [-0.15, -0.1) is 0 Å². The Hall–Kier alpha value is -3.73. The van der Waals surface area contributed by atoms with Crippen molar-refractivity contribution >= 4 is 17.5 Å². The SMILES string of the molecule is CCc1ncc2c(n1)CN(C(=O)Nc1nc(-c3c#cc(F)cc3)ccc1N)C2. The van der Waals surface area contributed by atoms with Crippen LogP contribution in [0.4, 0.5) is 20.7 Å². The fourth-order valence-corrected chi connectivity index (χ4v) is 2.93. The first-order valence-electron chi connectivity index (χ1n) is 8.79. The number of aryl methyl sites for hydroxylation is 1. The maximum absolute atomic E-state index is 13.1. The highest BCUT2D eigenvalue weighted by Gasteiger charge is 2.26. The predicted molar refractivity (Wildman–Crippen MR) is 101 cm³/mol. The Labute approximate surface area is 161 Å². The molecule has 3 aromatic rings. The lowest BCUT2D eigenvalue weighted by Crippen LogP contribution is -2.31. The third kappa shape index (κ3) is 3.42.